The van der Waals surface area contributed by atoms with Crippen molar-refractivity contribution in [2.45, 2.75) is 91.0 Å². The van der Waals surface area contributed by atoms with Gasteiger partial charge in [-0.2, -0.15) is 0 Å². The molecule has 4 heterocycles. The highest BCUT2D eigenvalue weighted by atomic mass is 16.3. The molecule has 4 aromatic rings. The average Bonchev–Trinajstić information content (AvgIpc) is 3.48. The van der Waals surface area contributed by atoms with Crippen LogP contribution in [0, 0.1) is 0 Å². The minimum absolute atomic E-state index is 0.00710. The Morgan fingerprint density at radius 3 is 2.32 bits per heavy atom. The first kappa shape index (κ1) is 33.4. The molecule has 1 aromatic heterocycles. The highest BCUT2D eigenvalue weighted by molar-refractivity contribution is 6.08. The summed E-state index contributed by atoms with van der Waals surface area (Å²) < 4.78 is 2.25. The fraction of sp³-hybridized carbons (Fsp3) is 0.390. The quantitative estimate of drug-likeness (QED) is 0.246. The Hall–Kier alpha value is -5.05. The number of fused-ring (bicyclic) bond motifs is 3. The van der Waals surface area contributed by atoms with Crippen LogP contribution in [0.2, 0.25) is 0 Å². The summed E-state index contributed by atoms with van der Waals surface area (Å²) in [6, 6.07) is 21.0. The Morgan fingerprint density at radius 2 is 1.58 bits per heavy atom. The summed E-state index contributed by atoms with van der Waals surface area (Å²) in [7, 11) is 1.76. The van der Waals surface area contributed by atoms with E-state index in [1.54, 1.807) is 36.2 Å². The van der Waals surface area contributed by atoms with E-state index in [0.29, 0.717) is 42.9 Å². The van der Waals surface area contributed by atoms with E-state index in [0.717, 1.165) is 65.9 Å². The SMILES string of the molecule is C[C@@H]1Cc2ccccc2CN1C(=O)c1cc2c(cc1-c1cc(C(=O)N(C)c3ccc(O)cc3)c3n1CCCC3)CCN(C(=O)NC(C)(C)C)C2. The lowest BCUT2D eigenvalue weighted by molar-refractivity contribution is 0.0658. The van der Waals surface area contributed by atoms with Crippen molar-refractivity contribution in [1.29, 1.82) is 0 Å². The minimum atomic E-state index is -0.359. The Labute approximate surface area is 294 Å². The van der Waals surface area contributed by atoms with Gasteiger partial charge in [0.25, 0.3) is 11.8 Å². The second kappa shape index (κ2) is 13.0. The standard InChI is InChI=1S/C41H47N5O4/c1-26-20-27-10-6-7-11-29(27)25-46(26)39(49)34-22-30-24-44(40(50)42-41(2,3)4)19-17-28(30)21-33(34)37-23-35(36-12-8-9-18-45(36)37)38(48)43(5)31-13-15-32(47)16-14-31/h6-7,10-11,13-16,21-23,26,47H,8-9,12,17-20,24-25H2,1-5H3,(H,42,50)/t26-/m1/s1. The zero-order chi connectivity index (χ0) is 35.3. The first-order chi connectivity index (χ1) is 23.9. The number of anilines is 1. The molecule has 0 saturated heterocycles. The van der Waals surface area contributed by atoms with Crippen molar-refractivity contribution in [3.05, 3.63) is 106 Å². The van der Waals surface area contributed by atoms with Crippen LogP contribution in [0.5, 0.6) is 5.75 Å². The Bertz CT molecular complexity index is 1970. The Morgan fingerprint density at radius 1 is 0.840 bits per heavy atom. The summed E-state index contributed by atoms with van der Waals surface area (Å²) in [6.07, 6.45) is 4.20. The number of phenolic OH excluding ortho intramolecular Hbond substituents is 1. The number of urea groups is 1. The number of carbonyl (C=O) groups excluding carboxylic acids is 3. The van der Waals surface area contributed by atoms with E-state index in [1.165, 1.54) is 5.56 Å². The largest absolute Gasteiger partial charge is 0.508 e. The molecule has 3 aromatic carbocycles. The molecule has 3 aliphatic rings. The molecule has 0 saturated carbocycles. The van der Waals surface area contributed by atoms with Crippen LogP contribution in [0.3, 0.4) is 0 Å². The topological polar surface area (TPSA) is 98.1 Å². The molecule has 9 heteroatoms. The van der Waals surface area contributed by atoms with Crippen LogP contribution in [0.1, 0.15) is 89.2 Å². The molecule has 0 aliphatic carbocycles. The summed E-state index contributed by atoms with van der Waals surface area (Å²) in [4.78, 5) is 47.7. The van der Waals surface area contributed by atoms with Gasteiger partial charge in [-0.3, -0.25) is 9.59 Å². The number of hydrogen-bond acceptors (Lipinski definition) is 4. The average molecular weight is 674 g/mol. The minimum Gasteiger partial charge on any atom is -0.508 e. The molecule has 50 heavy (non-hydrogen) atoms. The van der Waals surface area contributed by atoms with Gasteiger partial charge >= 0.3 is 6.03 Å². The number of nitrogens with one attached hydrogen (secondary N) is 1. The third-order valence-electron chi connectivity index (χ3n) is 10.4. The van der Waals surface area contributed by atoms with Gasteiger partial charge in [-0.05, 0) is 125 Å². The number of benzene rings is 3. The second-order valence-corrected chi connectivity index (χ2v) is 15.2. The van der Waals surface area contributed by atoms with Crippen molar-refractivity contribution < 1.29 is 19.5 Å². The van der Waals surface area contributed by atoms with Crippen LogP contribution in [0.25, 0.3) is 11.3 Å². The Balaban J connectivity index is 1.33. The van der Waals surface area contributed by atoms with E-state index < -0.39 is 0 Å². The number of aromatic nitrogens is 1. The van der Waals surface area contributed by atoms with Crippen molar-refractivity contribution in [3.8, 4) is 17.0 Å². The molecule has 3 aliphatic heterocycles. The van der Waals surface area contributed by atoms with Gasteiger partial charge in [0.2, 0.25) is 0 Å². The molecule has 0 unspecified atom stereocenters. The number of rotatable bonds is 4. The summed E-state index contributed by atoms with van der Waals surface area (Å²) in [5.74, 6) is -0.0195. The van der Waals surface area contributed by atoms with Crippen LogP contribution in [0.15, 0.2) is 66.7 Å². The molecule has 4 amide bonds. The summed E-state index contributed by atoms with van der Waals surface area (Å²) in [5.41, 5.74) is 8.81. The molecule has 7 rings (SSSR count). The highest BCUT2D eigenvalue weighted by Gasteiger charge is 2.34. The van der Waals surface area contributed by atoms with Gasteiger partial charge in [-0.1, -0.05) is 24.3 Å². The molecular formula is C41H47N5O4. The Kier molecular flexibility index (Phi) is 8.70. The number of aromatic hydroxyl groups is 1. The van der Waals surface area contributed by atoms with Gasteiger partial charge in [0.1, 0.15) is 5.75 Å². The summed E-state index contributed by atoms with van der Waals surface area (Å²) in [6.45, 7) is 10.3. The molecule has 2 N–H and O–H groups in total. The van der Waals surface area contributed by atoms with Crippen molar-refractivity contribution in [3.63, 3.8) is 0 Å². The van der Waals surface area contributed by atoms with Crippen LogP contribution in [0.4, 0.5) is 10.5 Å². The van der Waals surface area contributed by atoms with Crippen molar-refractivity contribution in [2.75, 3.05) is 18.5 Å². The molecular weight excluding hydrogens is 626 g/mol. The van der Waals surface area contributed by atoms with E-state index in [2.05, 4.69) is 41.1 Å². The number of hydrogen-bond donors (Lipinski definition) is 2. The van der Waals surface area contributed by atoms with E-state index in [4.69, 9.17) is 0 Å². The molecule has 260 valence electrons. The maximum Gasteiger partial charge on any atom is 0.318 e. The summed E-state index contributed by atoms with van der Waals surface area (Å²) in [5, 5.41) is 12.9. The smallest absolute Gasteiger partial charge is 0.318 e. The van der Waals surface area contributed by atoms with Crippen LogP contribution in [-0.2, 0) is 38.9 Å². The maximum atomic E-state index is 14.9. The van der Waals surface area contributed by atoms with E-state index in [-0.39, 0.29) is 35.2 Å². The number of amides is 4. The van der Waals surface area contributed by atoms with Gasteiger partial charge in [0.15, 0.2) is 0 Å². The van der Waals surface area contributed by atoms with Gasteiger partial charge in [-0.25, -0.2) is 4.79 Å². The number of nitrogens with zero attached hydrogens (tertiary/aromatic N) is 4. The third kappa shape index (κ3) is 6.37. The molecule has 9 nitrogen and oxygen atoms in total. The fourth-order valence-electron chi connectivity index (χ4n) is 7.74. The molecule has 0 spiro atoms. The van der Waals surface area contributed by atoms with Gasteiger partial charge in [0.05, 0.1) is 5.56 Å². The predicted molar refractivity (Wildman–Crippen MR) is 196 cm³/mol. The number of carbonyl (C=O) groups is 3. The van der Waals surface area contributed by atoms with E-state index in [1.807, 2.05) is 48.8 Å². The van der Waals surface area contributed by atoms with E-state index >= 15 is 0 Å². The predicted octanol–water partition coefficient (Wildman–Crippen LogP) is 6.93. The zero-order valence-electron chi connectivity index (χ0n) is 29.8. The van der Waals surface area contributed by atoms with Crippen molar-refractivity contribution >= 4 is 23.5 Å². The zero-order valence-corrected chi connectivity index (χ0v) is 29.8. The first-order valence-corrected chi connectivity index (χ1v) is 17.8. The maximum absolute atomic E-state index is 14.9. The molecule has 0 bridgehead atoms. The van der Waals surface area contributed by atoms with Crippen LogP contribution >= 0.6 is 0 Å². The number of phenols is 1. The first-order valence-electron chi connectivity index (χ1n) is 17.8. The molecule has 1 atom stereocenters. The normalized spacial score (nSPS) is 17.0. The lowest BCUT2D eigenvalue weighted by atomic mass is 9.89. The molecule has 0 radical (unpaired) electrons. The lowest BCUT2D eigenvalue weighted by Gasteiger charge is -2.36. The van der Waals surface area contributed by atoms with Crippen LogP contribution in [-0.4, -0.2) is 62.5 Å². The monoisotopic (exact) mass is 673 g/mol. The van der Waals surface area contributed by atoms with Gasteiger partial charge < -0.3 is 29.7 Å². The van der Waals surface area contributed by atoms with Crippen LogP contribution < -0.4 is 10.2 Å². The van der Waals surface area contributed by atoms with Crippen molar-refractivity contribution in [2.24, 2.45) is 0 Å². The molecule has 0 fully saturated rings. The van der Waals surface area contributed by atoms with Gasteiger partial charge in [0, 0.05) is 73.0 Å². The van der Waals surface area contributed by atoms with Crippen molar-refractivity contribution in [1.82, 2.24) is 19.7 Å². The highest BCUT2D eigenvalue weighted by Crippen LogP contribution is 2.38. The fourth-order valence-corrected chi connectivity index (χ4v) is 7.74. The van der Waals surface area contributed by atoms with E-state index in [9.17, 15) is 19.5 Å². The lowest BCUT2D eigenvalue weighted by Crippen LogP contribution is -2.49. The third-order valence-corrected chi connectivity index (χ3v) is 10.4. The second-order valence-electron chi connectivity index (χ2n) is 15.2. The summed E-state index contributed by atoms with van der Waals surface area (Å²) >= 11 is 0. The van der Waals surface area contributed by atoms with Gasteiger partial charge in [-0.15, -0.1) is 0 Å².